The van der Waals surface area contributed by atoms with Crippen LogP contribution in [0.3, 0.4) is 0 Å². The van der Waals surface area contributed by atoms with Gasteiger partial charge in [0.1, 0.15) is 12.4 Å². The number of amides is 1. The molecule has 0 radical (unpaired) electrons. The molecule has 0 atom stereocenters. The molecule has 2 rings (SSSR count). The molecule has 0 aliphatic carbocycles. The summed E-state index contributed by atoms with van der Waals surface area (Å²) < 4.78 is 5.46. The van der Waals surface area contributed by atoms with Gasteiger partial charge in [-0.15, -0.1) is 0 Å². The number of rotatable bonds is 7. The monoisotopic (exact) mass is 310 g/mol. The van der Waals surface area contributed by atoms with E-state index in [1.54, 1.807) is 6.08 Å². The molecule has 0 spiro atoms. The van der Waals surface area contributed by atoms with E-state index in [1.807, 2.05) is 56.3 Å². The zero-order chi connectivity index (χ0) is 16.7. The van der Waals surface area contributed by atoms with Crippen LogP contribution in [0.1, 0.15) is 11.1 Å². The number of carbonyl (C=O) groups excluding carboxylic acids is 1. The zero-order valence-corrected chi connectivity index (χ0v) is 13.6. The van der Waals surface area contributed by atoms with Crippen molar-refractivity contribution in [3.05, 3.63) is 66.2 Å². The highest BCUT2D eigenvalue weighted by atomic mass is 16.5. The average molecular weight is 310 g/mol. The Morgan fingerprint density at radius 1 is 1.13 bits per heavy atom. The van der Waals surface area contributed by atoms with Gasteiger partial charge in [0.15, 0.2) is 0 Å². The van der Waals surface area contributed by atoms with Crippen LogP contribution in [0.25, 0.3) is 0 Å². The zero-order valence-electron chi connectivity index (χ0n) is 13.6. The molecule has 120 valence electrons. The maximum Gasteiger partial charge on any atom is 0.243 e. The van der Waals surface area contributed by atoms with Gasteiger partial charge in [-0.05, 0) is 49.2 Å². The SMILES string of the molecule is C=CCOc1cccc(NCC(=O)Nc2ccc(C)c(C)c2)c1. The van der Waals surface area contributed by atoms with Crippen molar-refractivity contribution in [2.75, 3.05) is 23.8 Å². The molecular formula is C19H22N2O2. The Kier molecular flexibility index (Phi) is 5.80. The Morgan fingerprint density at radius 3 is 2.70 bits per heavy atom. The van der Waals surface area contributed by atoms with Gasteiger partial charge in [0.05, 0.1) is 6.54 Å². The molecule has 4 heteroatoms. The minimum Gasteiger partial charge on any atom is -0.489 e. The first-order valence-corrected chi connectivity index (χ1v) is 7.53. The van der Waals surface area contributed by atoms with E-state index in [0.717, 1.165) is 22.7 Å². The molecule has 0 saturated carbocycles. The van der Waals surface area contributed by atoms with E-state index in [9.17, 15) is 4.79 Å². The first kappa shape index (κ1) is 16.6. The van der Waals surface area contributed by atoms with Gasteiger partial charge in [0, 0.05) is 17.4 Å². The van der Waals surface area contributed by atoms with Crippen molar-refractivity contribution < 1.29 is 9.53 Å². The number of nitrogens with one attached hydrogen (secondary N) is 2. The molecule has 0 unspecified atom stereocenters. The Bertz CT molecular complexity index is 696. The summed E-state index contributed by atoms with van der Waals surface area (Å²) in [6.45, 7) is 8.33. The second kappa shape index (κ2) is 8.03. The summed E-state index contributed by atoms with van der Waals surface area (Å²) in [6.07, 6.45) is 1.69. The molecule has 2 N–H and O–H groups in total. The van der Waals surface area contributed by atoms with Crippen molar-refractivity contribution in [2.24, 2.45) is 0 Å². The average Bonchev–Trinajstić information content (AvgIpc) is 2.55. The fourth-order valence-electron chi connectivity index (χ4n) is 2.06. The molecule has 4 nitrogen and oxygen atoms in total. The number of ether oxygens (including phenoxy) is 1. The lowest BCUT2D eigenvalue weighted by Gasteiger charge is -2.10. The smallest absolute Gasteiger partial charge is 0.243 e. The summed E-state index contributed by atoms with van der Waals surface area (Å²) in [6, 6.07) is 13.4. The van der Waals surface area contributed by atoms with E-state index in [1.165, 1.54) is 5.56 Å². The first-order valence-electron chi connectivity index (χ1n) is 7.53. The topological polar surface area (TPSA) is 50.4 Å². The van der Waals surface area contributed by atoms with Gasteiger partial charge in [-0.1, -0.05) is 24.8 Å². The van der Waals surface area contributed by atoms with E-state index in [-0.39, 0.29) is 12.5 Å². The Labute approximate surface area is 137 Å². The van der Waals surface area contributed by atoms with E-state index >= 15 is 0 Å². The second-order valence-electron chi connectivity index (χ2n) is 5.33. The molecule has 2 aromatic carbocycles. The summed E-state index contributed by atoms with van der Waals surface area (Å²) in [7, 11) is 0. The molecule has 1 amide bonds. The summed E-state index contributed by atoms with van der Waals surface area (Å²) in [5, 5.41) is 5.97. The van der Waals surface area contributed by atoms with Gasteiger partial charge < -0.3 is 15.4 Å². The predicted molar refractivity (Wildman–Crippen MR) is 95.2 cm³/mol. The molecule has 2 aromatic rings. The Balaban J connectivity index is 1.88. The standard InChI is InChI=1S/C19H22N2O2/c1-4-10-23-18-7-5-6-16(12-18)20-13-19(22)21-17-9-8-14(2)15(3)11-17/h4-9,11-12,20H,1,10,13H2,2-3H3,(H,21,22). The number of aryl methyl sites for hydroxylation is 2. The number of anilines is 2. The van der Waals surface area contributed by atoms with Crippen LogP contribution in [0, 0.1) is 13.8 Å². The summed E-state index contributed by atoms with van der Waals surface area (Å²) in [5.74, 6) is 0.648. The summed E-state index contributed by atoms with van der Waals surface area (Å²) in [4.78, 5) is 12.0. The van der Waals surface area contributed by atoms with E-state index in [2.05, 4.69) is 17.2 Å². The van der Waals surface area contributed by atoms with E-state index in [4.69, 9.17) is 4.74 Å². The third-order valence-electron chi connectivity index (χ3n) is 3.45. The van der Waals surface area contributed by atoms with Crippen LogP contribution < -0.4 is 15.4 Å². The molecule has 0 aromatic heterocycles. The molecule has 0 fully saturated rings. The third kappa shape index (κ3) is 5.18. The first-order chi connectivity index (χ1) is 11.1. The third-order valence-corrected chi connectivity index (χ3v) is 3.45. The fourth-order valence-corrected chi connectivity index (χ4v) is 2.06. The van der Waals surface area contributed by atoms with Gasteiger partial charge in [0.2, 0.25) is 5.91 Å². The second-order valence-corrected chi connectivity index (χ2v) is 5.33. The molecule has 0 bridgehead atoms. The normalized spacial score (nSPS) is 10.0. The molecule has 0 aliphatic rings. The molecule has 0 heterocycles. The van der Waals surface area contributed by atoms with Gasteiger partial charge >= 0.3 is 0 Å². The maximum atomic E-state index is 12.0. The van der Waals surface area contributed by atoms with Crippen LogP contribution in [0.4, 0.5) is 11.4 Å². The lowest BCUT2D eigenvalue weighted by Crippen LogP contribution is -2.21. The van der Waals surface area contributed by atoms with Gasteiger partial charge in [-0.3, -0.25) is 4.79 Å². The van der Waals surface area contributed by atoms with Crippen molar-refractivity contribution in [2.45, 2.75) is 13.8 Å². The molecule has 0 saturated heterocycles. The van der Waals surface area contributed by atoms with Gasteiger partial charge in [-0.2, -0.15) is 0 Å². The fraction of sp³-hybridized carbons (Fsp3) is 0.211. The van der Waals surface area contributed by atoms with Crippen molar-refractivity contribution in [1.82, 2.24) is 0 Å². The Morgan fingerprint density at radius 2 is 1.96 bits per heavy atom. The van der Waals surface area contributed by atoms with Crippen LogP contribution in [-0.4, -0.2) is 19.1 Å². The van der Waals surface area contributed by atoms with E-state index < -0.39 is 0 Å². The molecule has 0 aliphatic heterocycles. The van der Waals surface area contributed by atoms with Crippen molar-refractivity contribution in [3.63, 3.8) is 0 Å². The van der Waals surface area contributed by atoms with Crippen molar-refractivity contribution >= 4 is 17.3 Å². The summed E-state index contributed by atoms with van der Waals surface area (Å²) >= 11 is 0. The largest absolute Gasteiger partial charge is 0.489 e. The predicted octanol–water partition coefficient (Wildman–Crippen LogP) is 3.92. The van der Waals surface area contributed by atoms with Crippen LogP contribution in [-0.2, 0) is 4.79 Å². The highest BCUT2D eigenvalue weighted by Gasteiger charge is 2.04. The van der Waals surface area contributed by atoms with Crippen LogP contribution in [0.15, 0.2) is 55.1 Å². The number of carbonyl (C=O) groups is 1. The minimum absolute atomic E-state index is 0.0920. The minimum atomic E-state index is -0.0920. The number of benzene rings is 2. The van der Waals surface area contributed by atoms with E-state index in [0.29, 0.717) is 6.61 Å². The lowest BCUT2D eigenvalue weighted by atomic mass is 10.1. The maximum absolute atomic E-state index is 12.0. The van der Waals surface area contributed by atoms with Gasteiger partial charge in [0.25, 0.3) is 0 Å². The highest BCUT2D eigenvalue weighted by molar-refractivity contribution is 5.93. The quantitative estimate of drug-likeness (QED) is 0.762. The molecule has 23 heavy (non-hydrogen) atoms. The van der Waals surface area contributed by atoms with Crippen molar-refractivity contribution in [3.8, 4) is 5.75 Å². The van der Waals surface area contributed by atoms with Crippen LogP contribution in [0.5, 0.6) is 5.75 Å². The number of hydrogen-bond acceptors (Lipinski definition) is 3. The highest BCUT2D eigenvalue weighted by Crippen LogP contribution is 2.17. The lowest BCUT2D eigenvalue weighted by molar-refractivity contribution is -0.114. The van der Waals surface area contributed by atoms with Crippen LogP contribution >= 0.6 is 0 Å². The van der Waals surface area contributed by atoms with Crippen LogP contribution in [0.2, 0.25) is 0 Å². The van der Waals surface area contributed by atoms with Gasteiger partial charge in [-0.25, -0.2) is 0 Å². The van der Waals surface area contributed by atoms with Crippen molar-refractivity contribution in [1.29, 1.82) is 0 Å². The number of hydrogen-bond donors (Lipinski definition) is 2. The summed E-state index contributed by atoms with van der Waals surface area (Å²) in [5.41, 5.74) is 4.00. The Hall–Kier alpha value is -2.75. The molecular weight excluding hydrogens is 288 g/mol.